The number of benzene rings is 3. The van der Waals surface area contributed by atoms with Crippen LogP contribution in [0.3, 0.4) is 0 Å². The van der Waals surface area contributed by atoms with Crippen molar-refractivity contribution in [2.75, 3.05) is 18.7 Å². The van der Waals surface area contributed by atoms with Gasteiger partial charge in [-0.25, -0.2) is 0 Å². The van der Waals surface area contributed by atoms with Crippen LogP contribution in [0, 0.1) is 13.8 Å². The number of ether oxygens (including phenoxy) is 2. The number of anilines is 1. The van der Waals surface area contributed by atoms with Crippen LogP contribution in [0.25, 0.3) is 11.1 Å². The molecule has 0 bridgehead atoms. The summed E-state index contributed by atoms with van der Waals surface area (Å²) in [6.45, 7) is 5.10. The Morgan fingerprint density at radius 3 is 2.54 bits per heavy atom. The number of hydrogen-bond acceptors (Lipinski definition) is 6. The maximum Gasteiger partial charge on any atom is 0.235 e. The van der Waals surface area contributed by atoms with Crippen LogP contribution in [0.1, 0.15) is 41.5 Å². The number of nitrogens with zero attached hydrogens (tertiary/aromatic N) is 3. The molecule has 2 aliphatic heterocycles. The average Bonchev–Trinajstić information content (AvgIpc) is 3.56. The van der Waals surface area contributed by atoms with E-state index >= 15 is 0 Å². The fourth-order valence-corrected chi connectivity index (χ4v) is 4.89. The van der Waals surface area contributed by atoms with Gasteiger partial charge in [0.25, 0.3) is 0 Å². The lowest BCUT2D eigenvalue weighted by Gasteiger charge is -2.18. The van der Waals surface area contributed by atoms with Gasteiger partial charge in [0.15, 0.2) is 11.5 Å². The van der Waals surface area contributed by atoms with Crippen LogP contribution in [0.5, 0.6) is 11.5 Å². The van der Waals surface area contributed by atoms with E-state index in [0.29, 0.717) is 12.3 Å². The number of fused-ring (bicyclic) bond motifs is 1. The van der Waals surface area contributed by atoms with E-state index in [1.54, 1.807) is 0 Å². The Morgan fingerprint density at radius 2 is 1.77 bits per heavy atom. The largest absolute Gasteiger partial charge is 0.454 e. The average molecular weight is 467 g/mol. The summed E-state index contributed by atoms with van der Waals surface area (Å²) in [4.78, 5) is 13.4. The Bertz CT molecular complexity index is 1410. The van der Waals surface area contributed by atoms with E-state index < -0.39 is 5.41 Å². The summed E-state index contributed by atoms with van der Waals surface area (Å²) in [5.41, 5.74) is 7.84. The van der Waals surface area contributed by atoms with Gasteiger partial charge in [-0.2, -0.15) is 5.11 Å². The van der Waals surface area contributed by atoms with Crippen LogP contribution >= 0.6 is 0 Å². The highest BCUT2D eigenvalue weighted by Gasteiger charge is 2.51. The van der Waals surface area contributed by atoms with Crippen LogP contribution in [0.4, 0.5) is 5.69 Å². The van der Waals surface area contributed by atoms with Crippen molar-refractivity contribution in [1.29, 1.82) is 0 Å². The molecule has 35 heavy (non-hydrogen) atoms. The molecule has 0 spiro atoms. The summed E-state index contributed by atoms with van der Waals surface area (Å²) in [7, 11) is 0. The van der Waals surface area contributed by atoms with Gasteiger partial charge >= 0.3 is 0 Å². The Kier molecular flexibility index (Phi) is 5.13. The minimum atomic E-state index is -0.512. The fraction of sp³-hybridized carbons (Fsp3) is 0.286. The second-order valence-corrected chi connectivity index (χ2v) is 9.41. The van der Waals surface area contributed by atoms with Crippen molar-refractivity contribution in [3.8, 4) is 22.6 Å². The first-order chi connectivity index (χ1) is 17.0. The van der Waals surface area contributed by atoms with Gasteiger partial charge in [0.05, 0.1) is 17.7 Å². The van der Waals surface area contributed by atoms with Gasteiger partial charge < -0.3 is 14.8 Å². The number of amides is 1. The number of hydrogen-bond donors (Lipinski definition) is 1. The lowest BCUT2D eigenvalue weighted by atomic mass is 9.92. The molecule has 7 heteroatoms. The maximum atomic E-state index is 13.4. The van der Waals surface area contributed by atoms with Crippen molar-refractivity contribution in [1.82, 2.24) is 0 Å². The van der Waals surface area contributed by atoms with E-state index in [1.807, 2.05) is 24.3 Å². The second-order valence-electron chi connectivity index (χ2n) is 9.41. The summed E-state index contributed by atoms with van der Waals surface area (Å²) in [5.74, 6) is 1.46. The number of carbonyl (C=O) groups excluding carboxylic acids is 1. The van der Waals surface area contributed by atoms with E-state index in [9.17, 15) is 4.79 Å². The SMILES string of the molecule is Cc1cc(C2=NN=NCC2)ccc1-c1cc(NC(=O)C2(c3ccc4c(c3)OCO4)CC2)ccc1C. The third-order valence-corrected chi connectivity index (χ3v) is 7.13. The molecular weight excluding hydrogens is 440 g/mol. The molecule has 7 nitrogen and oxygen atoms in total. The molecule has 3 aliphatic rings. The molecular formula is C28H26N4O3. The molecule has 0 atom stereocenters. The quantitative estimate of drug-likeness (QED) is 0.506. The monoisotopic (exact) mass is 466 g/mol. The summed E-state index contributed by atoms with van der Waals surface area (Å²) in [5, 5.41) is 15.1. The van der Waals surface area contributed by atoms with Crippen molar-refractivity contribution >= 4 is 17.3 Å². The van der Waals surface area contributed by atoms with E-state index in [-0.39, 0.29) is 12.7 Å². The molecule has 176 valence electrons. The first-order valence-corrected chi connectivity index (χ1v) is 11.9. The zero-order chi connectivity index (χ0) is 24.0. The highest BCUT2D eigenvalue weighted by atomic mass is 16.7. The Morgan fingerprint density at radius 1 is 0.914 bits per heavy atom. The Labute approximate surface area is 203 Å². The Balaban J connectivity index is 1.26. The van der Waals surface area contributed by atoms with E-state index in [0.717, 1.165) is 69.8 Å². The molecule has 1 aliphatic carbocycles. The van der Waals surface area contributed by atoms with E-state index in [2.05, 4.69) is 64.9 Å². The normalized spacial score (nSPS) is 17.1. The first-order valence-electron chi connectivity index (χ1n) is 11.9. The predicted octanol–water partition coefficient (Wildman–Crippen LogP) is 5.93. The van der Waals surface area contributed by atoms with Crippen LogP contribution in [-0.4, -0.2) is 25.0 Å². The fourth-order valence-electron chi connectivity index (χ4n) is 4.89. The second kappa shape index (κ2) is 8.34. The highest BCUT2D eigenvalue weighted by Crippen LogP contribution is 2.51. The van der Waals surface area contributed by atoms with Crippen LogP contribution in [0.15, 0.2) is 70.0 Å². The van der Waals surface area contributed by atoms with Gasteiger partial charge in [-0.1, -0.05) is 24.3 Å². The van der Waals surface area contributed by atoms with Gasteiger partial charge in [0, 0.05) is 12.1 Å². The van der Waals surface area contributed by atoms with Gasteiger partial charge in [0.2, 0.25) is 12.7 Å². The lowest BCUT2D eigenvalue weighted by Crippen LogP contribution is -2.27. The maximum absolute atomic E-state index is 13.4. The van der Waals surface area contributed by atoms with Crippen LogP contribution in [-0.2, 0) is 10.2 Å². The van der Waals surface area contributed by atoms with Crippen LogP contribution < -0.4 is 14.8 Å². The van der Waals surface area contributed by atoms with Crippen molar-refractivity contribution in [2.45, 2.75) is 38.5 Å². The van der Waals surface area contributed by atoms with E-state index in [1.165, 1.54) is 0 Å². The first kappa shape index (κ1) is 21.5. The number of rotatable bonds is 5. The third-order valence-electron chi connectivity index (χ3n) is 7.13. The molecule has 3 aromatic rings. The molecule has 3 aromatic carbocycles. The molecule has 1 N–H and O–H groups in total. The molecule has 2 heterocycles. The van der Waals surface area contributed by atoms with Crippen molar-refractivity contribution in [3.05, 3.63) is 76.9 Å². The predicted molar refractivity (Wildman–Crippen MR) is 134 cm³/mol. The zero-order valence-electron chi connectivity index (χ0n) is 19.8. The summed E-state index contributed by atoms with van der Waals surface area (Å²) < 4.78 is 10.9. The molecule has 0 saturated heterocycles. The third kappa shape index (κ3) is 3.87. The van der Waals surface area contributed by atoms with E-state index in [4.69, 9.17) is 9.47 Å². The minimum Gasteiger partial charge on any atom is -0.454 e. The van der Waals surface area contributed by atoms with Crippen molar-refractivity contribution < 1.29 is 14.3 Å². The van der Waals surface area contributed by atoms with Crippen molar-refractivity contribution in [2.24, 2.45) is 15.4 Å². The van der Waals surface area contributed by atoms with Gasteiger partial charge in [-0.3, -0.25) is 4.79 Å². The Hall–Kier alpha value is -4.00. The number of aryl methyl sites for hydroxylation is 2. The van der Waals surface area contributed by atoms with Gasteiger partial charge in [-0.15, -0.1) is 5.10 Å². The summed E-state index contributed by atoms with van der Waals surface area (Å²) in [6.07, 6.45) is 2.44. The van der Waals surface area contributed by atoms with Crippen LogP contribution in [0.2, 0.25) is 0 Å². The number of carbonyl (C=O) groups is 1. The highest BCUT2D eigenvalue weighted by molar-refractivity contribution is 6.03. The lowest BCUT2D eigenvalue weighted by molar-refractivity contribution is -0.118. The topological polar surface area (TPSA) is 84.6 Å². The van der Waals surface area contributed by atoms with Gasteiger partial charge in [-0.05, 0) is 95.6 Å². The van der Waals surface area contributed by atoms with Crippen molar-refractivity contribution in [3.63, 3.8) is 0 Å². The summed E-state index contributed by atoms with van der Waals surface area (Å²) >= 11 is 0. The molecule has 1 fully saturated rings. The number of nitrogens with one attached hydrogen (secondary N) is 1. The minimum absolute atomic E-state index is 0.0164. The zero-order valence-corrected chi connectivity index (χ0v) is 19.8. The van der Waals surface area contributed by atoms with Gasteiger partial charge in [0.1, 0.15) is 0 Å². The smallest absolute Gasteiger partial charge is 0.235 e. The molecule has 0 unspecified atom stereocenters. The molecule has 0 aromatic heterocycles. The molecule has 0 radical (unpaired) electrons. The summed E-state index contributed by atoms with van der Waals surface area (Å²) in [6, 6.07) is 18.3. The molecule has 1 amide bonds. The molecule has 6 rings (SSSR count). The molecule has 1 saturated carbocycles. The standard InChI is InChI=1S/C28H26N4O3/c1-17-3-6-21(15-23(17)22-7-4-19(13-18(22)2)24-9-12-29-32-31-24)30-27(33)28(10-11-28)20-5-8-25-26(14-20)35-16-34-25/h3-8,13-15H,9-12,16H2,1-2H3,(H,30,33).